The molecule has 0 saturated heterocycles. The molecule has 1 aromatic heterocycles. The van der Waals surface area contributed by atoms with Crippen molar-refractivity contribution in [3.8, 4) is 17.2 Å². The number of ether oxygens (including phenoxy) is 2. The van der Waals surface area contributed by atoms with E-state index in [9.17, 15) is 9.18 Å². The zero-order valence-electron chi connectivity index (χ0n) is 16.2. The molecule has 0 fully saturated rings. The zero-order valence-corrected chi connectivity index (χ0v) is 16.2. The van der Waals surface area contributed by atoms with Crippen molar-refractivity contribution in [2.24, 2.45) is 0 Å². The number of amides is 1. The summed E-state index contributed by atoms with van der Waals surface area (Å²) < 4.78 is 26.8. The van der Waals surface area contributed by atoms with E-state index < -0.39 is 5.82 Å². The van der Waals surface area contributed by atoms with E-state index in [1.165, 1.54) is 17.9 Å². The normalized spacial score (nSPS) is 10.6. The van der Waals surface area contributed by atoms with Gasteiger partial charge in [0.05, 0.1) is 19.4 Å². The summed E-state index contributed by atoms with van der Waals surface area (Å²) in [6.07, 6.45) is 0. The number of carbonyl (C=O) groups excluding carboxylic acids is 1. The number of rotatable bonds is 6. The van der Waals surface area contributed by atoms with Gasteiger partial charge in [0, 0.05) is 16.9 Å². The molecule has 0 bridgehead atoms. The van der Waals surface area contributed by atoms with Gasteiger partial charge in [0.2, 0.25) is 0 Å². The van der Waals surface area contributed by atoms with Gasteiger partial charge in [-0.3, -0.25) is 4.79 Å². The Morgan fingerprint density at radius 1 is 1.14 bits per heavy atom. The molecule has 0 spiro atoms. The molecule has 6 nitrogen and oxygen atoms in total. The van der Waals surface area contributed by atoms with Crippen LogP contribution < -0.4 is 14.8 Å². The molecule has 7 heteroatoms. The quantitative estimate of drug-likeness (QED) is 0.690. The van der Waals surface area contributed by atoms with Gasteiger partial charge in [0.25, 0.3) is 5.91 Å². The molecule has 1 heterocycles. The monoisotopic (exact) mass is 383 g/mol. The fraction of sp³-hybridized carbons (Fsp3) is 0.238. The van der Waals surface area contributed by atoms with Crippen molar-refractivity contribution in [2.45, 2.75) is 20.8 Å². The number of benzene rings is 2. The van der Waals surface area contributed by atoms with Crippen LogP contribution in [-0.2, 0) is 0 Å². The highest BCUT2D eigenvalue weighted by Gasteiger charge is 2.14. The van der Waals surface area contributed by atoms with Crippen LogP contribution in [0.5, 0.6) is 11.5 Å². The lowest BCUT2D eigenvalue weighted by atomic mass is 10.1. The molecule has 28 heavy (non-hydrogen) atoms. The minimum Gasteiger partial charge on any atom is -0.493 e. The van der Waals surface area contributed by atoms with Gasteiger partial charge < -0.3 is 14.8 Å². The van der Waals surface area contributed by atoms with Crippen molar-refractivity contribution in [3.63, 3.8) is 0 Å². The number of anilines is 1. The summed E-state index contributed by atoms with van der Waals surface area (Å²) in [5.74, 6) is 0.162. The highest BCUT2D eigenvalue weighted by atomic mass is 19.1. The fourth-order valence-electron chi connectivity index (χ4n) is 2.92. The van der Waals surface area contributed by atoms with Gasteiger partial charge in [-0.05, 0) is 63.2 Å². The van der Waals surface area contributed by atoms with Crippen molar-refractivity contribution in [1.82, 2.24) is 9.78 Å². The molecular formula is C21H22FN3O3. The Hall–Kier alpha value is -3.35. The molecule has 0 aliphatic carbocycles. The number of halogens is 1. The third-order valence-electron chi connectivity index (χ3n) is 4.17. The molecular weight excluding hydrogens is 361 g/mol. The van der Waals surface area contributed by atoms with E-state index >= 15 is 0 Å². The largest absolute Gasteiger partial charge is 0.493 e. The van der Waals surface area contributed by atoms with E-state index in [2.05, 4.69) is 10.4 Å². The number of aryl methyl sites for hydroxylation is 2. The lowest BCUT2D eigenvalue weighted by Gasteiger charge is -2.12. The molecule has 0 aliphatic heterocycles. The summed E-state index contributed by atoms with van der Waals surface area (Å²) in [6, 6.07) is 11.2. The highest BCUT2D eigenvalue weighted by molar-refractivity contribution is 6.04. The first-order chi connectivity index (χ1) is 13.4. The molecule has 1 amide bonds. The van der Waals surface area contributed by atoms with E-state index in [1.54, 1.807) is 30.3 Å². The van der Waals surface area contributed by atoms with E-state index in [-0.39, 0.29) is 5.91 Å². The van der Waals surface area contributed by atoms with Crippen molar-refractivity contribution < 1.29 is 18.7 Å². The first-order valence-electron chi connectivity index (χ1n) is 8.88. The Kier molecular flexibility index (Phi) is 5.63. The van der Waals surface area contributed by atoms with Gasteiger partial charge in [0.15, 0.2) is 17.3 Å². The Balaban J connectivity index is 1.81. The first-order valence-corrected chi connectivity index (χ1v) is 8.88. The number of aromatic nitrogens is 2. The molecule has 0 unspecified atom stereocenters. The second-order valence-corrected chi connectivity index (χ2v) is 6.26. The molecule has 2 aromatic carbocycles. The summed E-state index contributed by atoms with van der Waals surface area (Å²) in [6.45, 7) is 6.06. The molecule has 3 rings (SSSR count). The van der Waals surface area contributed by atoms with E-state index in [4.69, 9.17) is 9.47 Å². The first kappa shape index (κ1) is 19.4. The SMILES string of the molecule is CCOc1ccc(C(=O)Nc2ccc(-n3nc(C)cc3C)c(F)c2)cc1OC. The van der Waals surface area contributed by atoms with Gasteiger partial charge >= 0.3 is 0 Å². The number of hydrogen-bond acceptors (Lipinski definition) is 4. The smallest absolute Gasteiger partial charge is 0.255 e. The molecule has 0 saturated carbocycles. The second kappa shape index (κ2) is 8.12. The van der Waals surface area contributed by atoms with Crippen LogP contribution in [0.3, 0.4) is 0 Å². The van der Waals surface area contributed by atoms with Gasteiger partial charge in [-0.15, -0.1) is 0 Å². The highest BCUT2D eigenvalue weighted by Crippen LogP contribution is 2.28. The fourth-order valence-corrected chi connectivity index (χ4v) is 2.92. The standard InChI is InChI=1S/C21H22FN3O3/c1-5-28-19-9-6-15(11-20(19)27-4)21(26)23-16-7-8-18(17(22)12-16)25-14(3)10-13(2)24-25/h6-12H,5H2,1-4H3,(H,23,26). The Morgan fingerprint density at radius 2 is 1.93 bits per heavy atom. The summed E-state index contributed by atoms with van der Waals surface area (Å²) in [7, 11) is 1.51. The third kappa shape index (κ3) is 3.98. The summed E-state index contributed by atoms with van der Waals surface area (Å²) in [5, 5.41) is 6.98. The van der Waals surface area contributed by atoms with Gasteiger partial charge in [-0.1, -0.05) is 0 Å². The van der Waals surface area contributed by atoms with Crippen molar-refractivity contribution in [2.75, 3.05) is 19.0 Å². The van der Waals surface area contributed by atoms with Gasteiger partial charge in [0.1, 0.15) is 5.69 Å². The molecule has 146 valence electrons. The Morgan fingerprint density at radius 3 is 2.54 bits per heavy atom. The summed E-state index contributed by atoms with van der Waals surface area (Å²) in [4.78, 5) is 12.5. The van der Waals surface area contributed by atoms with Crippen molar-refractivity contribution in [1.29, 1.82) is 0 Å². The molecule has 3 aromatic rings. The topological polar surface area (TPSA) is 65.4 Å². The van der Waals surface area contributed by atoms with Gasteiger partial charge in [-0.2, -0.15) is 5.10 Å². The van der Waals surface area contributed by atoms with Crippen LogP contribution in [-0.4, -0.2) is 29.4 Å². The van der Waals surface area contributed by atoms with E-state index in [0.29, 0.717) is 35.0 Å². The lowest BCUT2D eigenvalue weighted by molar-refractivity contribution is 0.102. The number of nitrogens with zero attached hydrogens (tertiary/aromatic N) is 2. The molecule has 0 atom stereocenters. The minimum absolute atomic E-state index is 0.325. The number of carbonyl (C=O) groups is 1. The molecule has 0 radical (unpaired) electrons. The number of methoxy groups -OCH3 is 1. The molecule has 0 aliphatic rings. The third-order valence-corrected chi connectivity index (χ3v) is 4.17. The van der Waals surface area contributed by atoms with Crippen molar-refractivity contribution >= 4 is 11.6 Å². The summed E-state index contributed by atoms with van der Waals surface area (Å²) in [5.41, 5.74) is 2.68. The van der Waals surface area contributed by atoms with Crippen LogP contribution in [0.25, 0.3) is 5.69 Å². The Labute approximate surface area is 162 Å². The van der Waals surface area contributed by atoms with Crippen LogP contribution in [0.2, 0.25) is 0 Å². The van der Waals surface area contributed by atoms with E-state index in [0.717, 1.165) is 11.4 Å². The maximum Gasteiger partial charge on any atom is 0.255 e. The maximum atomic E-state index is 14.6. The van der Waals surface area contributed by atoms with Crippen LogP contribution in [0.15, 0.2) is 42.5 Å². The minimum atomic E-state index is -0.478. The van der Waals surface area contributed by atoms with Crippen LogP contribution in [0.1, 0.15) is 28.7 Å². The average molecular weight is 383 g/mol. The van der Waals surface area contributed by atoms with Crippen molar-refractivity contribution in [3.05, 3.63) is 65.2 Å². The second-order valence-electron chi connectivity index (χ2n) is 6.26. The number of nitrogens with one attached hydrogen (secondary N) is 1. The lowest BCUT2D eigenvalue weighted by Crippen LogP contribution is -2.13. The average Bonchev–Trinajstić information content (AvgIpc) is 3.00. The predicted molar refractivity (Wildman–Crippen MR) is 105 cm³/mol. The van der Waals surface area contributed by atoms with Crippen LogP contribution in [0.4, 0.5) is 10.1 Å². The van der Waals surface area contributed by atoms with E-state index in [1.807, 2.05) is 26.8 Å². The predicted octanol–water partition coefficient (Wildman–Crippen LogP) is 4.29. The zero-order chi connectivity index (χ0) is 20.3. The van der Waals surface area contributed by atoms with Crippen LogP contribution >= 0.6 is 0 Å². The van der Waals surface area contributed by atoms with Crippen LogP contribution in [0, 0.1) is 19.7 Å². The maximum absolute atomic E-state index is 14.6. The summed E-state index contributed by atoms with van der Waals surface area (Å²) >= 11 is 0. The Bertz CT molecular complexity index is 1010. The molecule has 1 N–H and O–H groups in total. The van der Waals surface area contributed by atoms with Gasteiger partial charge in [-0.25, -0.2) is 9.07 Å². The number of hydrogen-bond donors (Lipinski definition) is 1.